The van der Waals surface area contributed by atoms with Crippen molar-refractivity contribution in [3.05, 3.63) is 53.7 Å². The van der Waals surface area contributed by atoms with Crippen LogP contribution in [0.2, 0.25) is 0 Å². The molecule has 2 aromatic rings. The molecule has 9 heteroatoms. The zero-order valence-electron chi connectivity index (χ0n) is 21.8. The van der Waals surface area contributed by atoms with E-state index in [1.54, 1.807) is 49.0 Å². The number of hydrogen-bond donors (Lipinski definition) is 2. The Morgan fingerprint density at radius 2 is 1.78 bits per heavy atom. The minimum absolute atomic E-state index is 0.0676. The molecular formula is C28H37F2N5O2. The van der Waals surface area contributed by atoms with E-state index in [0.29, 0.717) is 30.0 Å². The maximum atomic E-state index is 15.1. The molecule has 0 spiro atoms. The molecule has 200 valence electrons. The summed E-state index contributed by atoms with van der Waals surface area (Å²) in [7, 11) is 3.50. The number of anilines is 2. The molecule has 0 radical (unpaired) electrons. The molecule has 1 aliphatic heterocycles. The normalized spacial score (nSPS) is 19.9. The first-order valence-electron chi connectivity index (χ1n) is 13.2. The first-order valence-corrected chi connectivity index (χ1v) is 13.2. The first-order chi connectivity index (χ1) is 17.8. The molecule has 3 atom stereocenters. The van der Waals surface area contributed by atoms with Gasteiger partial charge >= 0.3 is 0 Å². The Balaban J connectivity index is 1.60. The molecule has 1 saturated heterocycles. The van der Waals surface area contributed by atoms with Gasteiger partial charge in [0, 0.05) is 24.8 Å². The molecule has 2 fully saturated rings. The summed E-state index contributed by atoms with van der Waals surface area (Å²) in [5.41, 5.74) is 1.12. The predicted octanol–water partition coefficient (Wildman–Crippen LogP) is 4.46. The van der Waals surface area contributed by atoms with E-state index < -0.39 is 23.9 Å². The fourth-order valence-corrected chi connectivity index (χ4v) is 5.47. The van der Waals surface area contributed by atoms with Crippen LogP contribution in [-0.4, -0.2) is 54.4 Å². The van der Waals surface area contributed by atoms with Crippen LogP contribution in [0.3, 0.4) is 0 Å². The summed E-state index contributed by atoms with van der Waals surface area (Å²) in [6.07, 6.45) is 7.54. The van der Waals surface area contributed by atoms with Crippen LogP contribution in [0.15, 0.2) is 36.5 Å². The number of nitrogens with zero attached hydrogens (tertiary/aromatic N) is 3. The van der Waals surface area contributed by atoms with E-state index in [9.17, 15) is 14.0 Å². The quantitative estimate of drug-likeness (QED) is 0.545. The van der Waals surface area contributed by atoms with Crippen molar-refractivity contribution < 1.29 is 18.4 Å². The van der Waals surface area contributed by atoms with Gasteiger partial charge in [-0.2, -0.15) is 0 Å². The van der Waals surface area contributed by atoms with Gasteiger partial charge in [-0.3, -0.25) is 9.59 Å². The number of aromatic nitrogens is 1. The second-order valence-electron chi connectivity index (χ2n) is 10.2. The van der Waals surface area contributed by atoms with Crippen LogP contribution in [0.1, 0.15) is 63.5 Å². The van der Waals surface area contributed by atoms with E-state index in [4.69, 9.17) is 0 Å². The fourth-order valence-electron chi connectivity index (χ4n) is 5.47. The van der Waals surface area contributed by atoms with E-state index in [2.05, 4.69) is 15.6 Å². The highest BCUT2D eigenvalue weighted by molar-refractivity contribution is 5.90. The lowest BCUT2D eigenvalue weighted by Crippen LogP contribution is -2.55. The number of pyridine rings is 1. The van der Waals surface area contributed by atoms with Gasteiger partial charge in [0.1, 0.15) is 23.5 Å². The summed E-state index contributed by atoms with van der Waals surface area (Å²) in [6.45, 7) is 2.27. The molecule has 2 aliphatic rings. The zero-order valence-corrected chi connectivity index (χ0v) is 21.8. The van der Waals surface area contributed by atoms with E-state index in [1.807, 2.05) is 0 Å². The lowest BCUT2D eigenvalue weighted by Gasteiger charge is -2.35. The van der Waals surface area contributed by atoms with Crippen LogP contribution in [0, 0.1) is 17.6 Å². The topological polar surface area (TPSA) is 77.6 Å². The van der Waals surface area contributed by atoms with Crippen LogP contribution in [0.4, 0.5) is 20.3 Å². The number of likely N-dealkylation sites (N-methyl/N-ethyl adjacent to an activating group) is 1. The molecule has 2 heterocycles. The summed E-state index contributed by atoms with van der Waals surface area (Å²) in [4.78, 5) is 34.5. The van der Waals surface area contributed by atoms with Gasteiger partial charge in [0.2, 0.25) is 11.8 Å². The molecule has 0 bridgehead atoms. The van der Waals surface area contributed by atoms with Gasteiger partial charge in [-0.25, -0.2) is 13.8 Å². The number of nitrogens with one attached hydrogen (secondary N) is 2. The van der Waals surface area contributed by atoms with Crippen molar-refractivity contribution in [3.8, 4) is 0 Å². The van der Waals surface area contributed by atoms with Gasteiger partial charge in [0.15, 0.2) is 0 Å². The van der Waals surface area contributed by atoms with Gasteiger partial charge in [0.05, 0.1) is 18.3 Å². The molecule has 1 unspecified atom stereocenters. The summed E-state index contributed by atoms with van der Waals surface area (Å²) < 4.78 is 28.5. The van der Waals surface area contributed by atoms with Crippen molar-refractivity contribution in [2.75, 3.05) is 25.5 Å². The molecule has 2 N–H and O–H groups in total. The average molecular weight is 514 g/mol. The van der Waals surface area contributed by atoms with Gasteiger partial charge in [-0.05, 0) is 75.9 Å². The lowest BCUT2D eigenvalue weighted by atomic mass is 9.83. The first kappa shape index (κ1) is 27.0. The molecule has 1 aromatic heterocycles. The third-order valence-electron chi connectivity index (χ3n) is 7.83. The van der Waals surface area contributed by atoms with E-state index >= 15 is 4.39 Å². The second-order valence-corrected chi connectivity index (χ2v) is 10.2. The number of benzene rings is 1. The van der Waals surface area contributed by atoms with Crippen molar-refractivity contribution in [1.29, 1.82) is 0 Å². The summed E-state index contributed by atoms with van der Waals surface area (Å²) in [5, 5.41) is 5.96. The van der Waals surface area contributed by atoms with Crippen molar-refractivity contribution in [2.24, 2.45) is 5.92 Å². The second kappa shape index (κ2) is 12.0. The van der Waals surface area contributed by atoms with Crippen molar-refractivity contribution in [2.45, 2.75) is 70.0 Å². The third kappa shape index (κ3) is 6.09. The van der Waals surface area contributed by atoms with E-state index in [1.165, 1.54) is 18.3 Å². The Kier molecular flexibility index (Phi) is 8.74. The SMILES string of the molecule is CN[C@@H](C)C(=O)NC(C(=O)N1CCC[C@H]1c1cc(N(C)c2ccc(F)cc2)ncc1F)C1CCCCC1. The number of halogens is 2. The van der Waals surface area contributed by atoms with Crippen LogP contribution < -0.4 is 15.5 Å². The molecule has 1 aromatic carbocycles. The highest BCUT2D eigenvalue weighted by Gasteiger charge is 2.40. The lowest BCUT2D eigenvalue weighted by molar-refractivity contribution is -0.139. The minimum Gasteiger partial charge on any atom is -0.343 e. The molecule has 4 rings (SSSR count). The minimum atomic E-state index is -0.629. The van der Waals surface area contributed by atoms with Gasteiger partial charge in [0.25, 0.3) is 0 Å². The van der Waals surface area contributed by atoms with Crippen molar-refractivity contribution >= 4 is 23.3 Å². The molecule has 7 nitrogen and oxygen atoms in total. The van der Waals surface area contributed by atoms with Gasteiger partial charge in [-0.1, -0.05) is 19.3 Å². The Morgan fingerprint density at radius 3 is 2.46 bits per heavy atom. The fraction of sp³-hybridized carbons (Fsp3) is 0.536. The van der Waals surface area contributed by atoms with Crippen LogP contribution in [0.5, 0.6) is 0 Å². The molecular weight excluding hydrogens is 476 g/mol. The van der Waals surface area contributed by atoms with Gasteiger partial charge < -0.3 is 20.4 Å². The number of hydrogen-bond acceptors (Lipinski definition) is 5. The average Bonchev–Trinajstić information content (AvgIpc) is 3.41. The number of likely N-dealkylation sites (tertiary alicyclic amines) is 1. The predicted molar refractivity (Wildman–Crippen MR) is 139 cm³/mol. The van der Waals surface area contributed by atoms with E-state index in [0.717, 1.165) is 38.5 Å². The Labute approximate surface area is 217 Å². The molecule has 37 heavy (non-hydrogen) atoms. The number of rotatable bonds is 8. The van der Waals surface area contributed by atoms with E-state index in [-0.39, 0.29) is 23.5 Å². The number of carbonyl (C=O) groups excluding carboxylic acids is 2. The standard InChI is InChI=1S/C28H37F2N5O2/c1-18(31-2)27(36)33-26(19-8-5-4-6-9-19)28(37)35-15-7-10-24(35)22-16-25(32-17-23(22)30)34(3)21-13-11-20(29)12-14-21/h11-14,16-19,24,26,31H,4-10,15H2,1-3H3,(H,33,36)/t18-,24-,26?/m0/s1. The summed E-state index contributed by atoms with van der Waals surface area (Å²) in [5.74, 6) is -0.590. The Bertz CT molecular complexity index is 1090. The molecule has 2 amide bonds. The third-order valence-corrected chi connectivity index (χ3v) is 7.83. The van der Waals surface area contributed by atoms with Gasteiger partial charge in [-0.15, -0.1) is 0 Å². The Morgan fingerprint density at radius 1 is 1.08 bits per heavy atom. The maximum Gasteiger partial charge on any atom is 0.245 e. The Hall–Kier alpha value is -3.07. The molecule has 1 saturated carbocycles. The number of carbonyl (C=O) groups is 2. The molecule has 1 aliphatic carbocycles. The number of amides is 2. The van der Waals surface area contributed by atoms with Crippen LogP contribution in [0.25, 0.3) is 0 Å². The summed E-state index contributed by atoms with van der Waals surface area (Å²) in [6, 6.07) is 6.17. The maximum absolute atomic E-state index is 15.1. The monoisotopic (exact) mass is 513 g/mol. The van der Waals surface area contributed by atoms with Crippen molar-refractivity contribution in [1.82, 2.24) is 20.5 Å². The van der Waals surface area contributed by atoms with Crippen LogP contribution in [-0.2, 0) is 9.59 Å². The largest absolute Gasteiger partial charge is 0.343 e. The van der Waals surface area contributed by atoms with Crippen molar-refractivity contribution in [3.63, 3.8) is 0 Å². The summed E-state index contributed by atoms with van der Waals surface area (Å²) >= 11 is 0. The van der Waals surface area contributed by atoms with Crippen LogP contribution >= 0.6 is 0 Å². The highest BCUT2D eigenvalue weighted by atomic mass is 19.1. The highest BCUT2D eigenvalue weighted by Crippen LogP contribution is 2.37. The smallest absolute Gasteiger partial charge is 0.245 e. The zero-order chi connectivity index (χ0) is 26.5.